The molecule has 0 saturated carbocycles. The number of rotatable bonds is 6. The second kappa shape index (κ2) is 7.12. The Morgan fingerprint density at radius 2 is 1.95 bits per heavy atom. The van der Waals surface area contributed by atoms with Crippen molar-refractivity contribution in [3.05, 3.63) is 33.8 Å². The zero-order valence-corrected chi connectivity index (χ0v) is 12.2. The van der Waals surface area contributed by atoms with Crippen LogP contribution in [0.3, 0.4) is 0 Å². The van der Waals surface area contributed by atoms with Gasteiger partial charge < -0.3 is 10.2 Å². The highest BCUT2D eigenvalue weighted by Gasteiger charge is 2.32. The summed E-state index contributed by atoms with van der Waals surface area (Å²) in [5, 5.41) is 28.4. The maximum atomic E-state index is 9.54. The Bertz CT molecular complexity index is 471. The number of hydrogen-bond donors (Lipinski definition) is 2. The van der Waals surface area contributed by atoms with Gasteiger partial charge in [0.15, 0.2) is 6.29 Å². The molecule has 0 saturated heterocycles. The molecule has 2 N–H and O–H groups in total. The first-order chi connectivity index (χ1) is 8.95. The Morgan fingerprint density at radius 3 is 2.42 bits per heavy atom. The van der Waals surface area contributed by atoms with Gasteiger partial charge in [-0.05, 0) is 37.0 Å². The summed E-state index contributed by atoms with van der Waals surface area (Å²) in [6, 6.07) is 7.44. The summed E-state index contributed by atoms with van der Waals surface area (Å²) in [5.74, 6) is 0. The molecule has 0 aliphatic rings. The van der Waals surface area contributed by atoms with E-state index in [0.29, 0.717) is 22.9 Å². The average molecular weight is 302 g/mol. The van der Waals surface area contributed by atoms with Gasteiger partial charge in [0.25, 0.3) is 0 Å². The lowest BCUT2D eigenvalue weighted by Crippen LogP contribution is -2.26. The number of benzene rings is 1. The van der Waals surface area contributed by atoms with Crippen molar-refractivity contribution in [2.75, 3.05) is 0 Å². The molecule has 0 fully saturated rings. The number of nitriles is 1. The highest BCUT2D eigenvalue weighted by Crippen LogP contribution is 2.37. The molecular formula is C14H17Cl2NO2. The highest BCUT2D eigenvalue weighted by molar-refractivity contribution is 6.42. The van der Waals surface area contributed by atoms with Crippen LogP contribution in [0.25, 0.3) is 0 Å². The predicted molar refractivity (Wildman–Crippen MR) is 76.1 cm³/mol. The third-order valence-corrected chi connectivity index (χ3v) is 3.93. The summed E-state index contributed by atoms with van der Waals surface area (Å²) in [6.45, 7) is 1.99. The van der Waals surface area contributed by atoms with Crippen molar-refractivity contribution in [1.29, 1.82) is 5.26 Å². The van der Waals surface area contributed by atoms with Crippen molar-refractivity contribution < 1.29 is 10.2 Å². The largest absolute Gasteiger partial charge is 0.368 e. The zero-order chi connectivity index (χ0) is 14.5. The minimum absolute atomic E-state index is 0.147. The van der Waals surface area contributed by atoms with Crippen molar-refractivity contribution >= 4 is 23.2 Å². The minimum Gasteiger partial charge on any atom is -0.368 e. The van der Waals surface area contributed by atoms with Crippen LogP contribution in [0.4, 0.5) is 0 Å². The van der Waals surface area contributed by atoms with Gasteiger partial charge in [0.2, 0.25) is 0 Å². The Balaban J connectivity index is 3.14. The van der Waals surface area contributed by atoms with Gasteiger partial charge >= 0.3 is 0 Å². The second-order valence-electron chi connectivity index (χ2n) is 4.59. The molecule has 1 atom stereocenters. The van der Waals surface area contributed by atoms with E-state index < -0.39 is 11.7 Å². The molecule has 1 rings (SSSR count). The van der Waals surface area contributed by atoms with E-state index in [1.165, 1.54) is 0 Å². The van der Waals surface area contributed by atoms with E-state index in [1.807, 2.05) is 6.92 Å². The van der Waals surface area contributed by atoms with E-state index in [0.717, 1.165) is 12.0 Å². The van der Waals surface area contributed by atoms with Crippen LogP contribution in [-0.4, -0.2) is 16.5 Å². The van der Waals surface area contributed by atoms with Gasteiger partial charge in [-0.2, -0.15) is 5.26 Å². The molecule has 1 aromatic carbocycles. The summed E-state index contributed by atoms with van der Waals surface area (Å²) in [4.78, 5) is 0. The third-order valence-electron chi connectivity index (χ3n) is 3.19. The minimum atomic E-state index is -1.41. The number of nitrogens with zero attached hydrogens (tertiary/aromatic N) is 1. The van der Waals surface area contributed by atoms with Crippen LogP contribution >= 0.6 is 23.2 Å². The van der Waals surface area contributed by atoms with Crippen molar-refractivity contribution in [1.82, 2.24) is 0 Å². The summed E-state index contributed by atoms with van der Waals surface area (Å²) in [5.41, 5.74) is 0.0130. The number of halogens is 2. The fraction of sp³-hybridized carbons (Fsp3) is 0.500. The van der Waals surface area contributed by atoms with E-state index in [9.17, 15) is 5.26 Å². The predicted octanol–water partition coefficient (Wildman–Crippen LogP) is 3.65. The summed E-state index contributed by atoms with van der Waals surface area (Å²) in [7, 11) is 0. The van der Waals surface area contributed by atoms with E-state index in [-0.39, 0.29) is 6.42 Å². The average Bonchev–Trinajstić information content (AvgIpc) is 2.38. The molecule has 3 nitrogen and oxygen atoms in total. The molecule has 0 spiro atoms. The molecule has 104 valence electrons. The van der Waals surface area contributed by atoms with Gasteiger partial charge in [0, 0.05) is 0 Å². The maximum Gasteiger partial charge on any atom is 0.151 e. The molecule has 0 amide bonds. The Morgan fingerprint density at radius 1 is 1.26 bits per heavy atom. The van der Waals surface area contributed by atoms with Crippen LogP contribution in [0.15, 0.2) is 18.2 Å². The lowest BCUT2D eigenvalue weighted by Gasteiger charge is -2.27. The van der Waals surface area contributed by atoms with Gasteiger partial charge in [-0.1, -0.05) is 42.6 Å². The highest BCUT2D eigenvalue weighted by atomic mass is 35.5. The molecule has 1 unspecified atom stereocenters. The van der Waals surface area contributed by atoms with Gasteiger partial charge in [-0.15, -0.1) is 0 Å². The molecular weight excluding hydrogens is 285 g/mol. The van der Waals surface area contributed by atoms with E-state index in [2.05, 4.69) is 6.07 Å². The van der Waals surface area contributed by atoms with Crippen LogP contribution in [-0.2, 0) is 5.41 Å². The monoisotopic (exact) mass is 301 g/mol. The first-order valence-electron chi connectivity index (χ1n) is 6.18. The van der Waals surface area contributed by atoms with Crippen molar-refractivity contribution in [3.63, 3.8) is 0 Å². The topological polar surface area (TPSA) is 64.2 Å². The fourth-order valence-corrected chi connectivity index (χ4v) is 2.48. The molecule has 5 heteroatoms. The zero-order valence-electron chi connectivity index (χ0n) is 10.7. The number of aliphatic hydroxyl groups excluding tert-OH is 1. The molecule has 1 aromatic rings. The molecule has 0 heterocycles. The van der Waals surface area contributed by atoms with Crippen LogP contribution in [0.2, 0.25) is 10.0 Å². The molecule has 0 radical (unpaired) electrons. The fourth-order valence-electron chi connectivity index (χ4n) is 2.19. The van der Waals surface area contributed by atoms with Crippen molar-refractivity contribution in [2.45, 2.75) is 44.3 Å². The summed E-state index contributed by atoms with van der Waals surface area (Å²) in [6.07, 6.45) is 0.553. The van der Waals surface area contributed by atoms with Crippen molar-refractivity contribution in [3.8, 4) is 6.07 Å². The summed E-state index contributed by atoms with van der Waals surface area (Å²) >= 11 is 11.9. The van der Waals surface area contributed by atoms with E-state index in [4.69, 9.17) is 33.4 Å². The van der Waals surface area contributed by atoms with E-state index >= 15 is 0 Å². The second-order valence-corrected chi connectivity index (χ2v) is 5.41. The van der Waals surface area contributed by atoms with E-state index in [1.54, 1.807) is 18.2 Å². The molecule has 0 aromatic heterocycles. The standard InChI is InChI=1S/C14H17Cl2NO2/c1-2-6-14(9-17,7-5-13(18)19)10-3-4-11(15)12(16)8-10/h3-4,8,13,18-19H,2,5-7H2,1H3. The molecule has 19 heavy (non-hydrogen) atoms. The smallest absolute Gasteiger partial charge is 0.151 e. The van der Waals surface area contributed by atoms with Gasteiger partial charge in [-0.3, -0.25) is 0 Å². The Hall–Kier alpha value is -0.790. The normalized spacial score (nSPS) is 14.2. The van der Waals surface area contributed by atoms with Crippen LogP contribution in [0.5, 0.6) is 0 Å². The third kappa shape index (κ3) is 4.09. The maximum absolute atomic E-state index is 9.54. The van der Waals surface area contributed by atoms with Gasteiger partial charge in [-0.25, -0.2) is 0 Å². The van der Waals surface area contributed by atoms with Gasteiger partial charge in [0.1, 0.15) is 0 Å². The van der Waals surface area contributed by atoms with Crippen LogP contribution < -0.4 is 0 Å². The Labute approximate surface area is 123 Å². The SMILES string of the molecule is CCCC(C#N)(CCC(O)O)c1ccc(Cl)c(Cl)c1. The first kappa shape index (κ1) is 16.3. The quantitative estimate of drug-likeness (QED) is 0.788. The number of hydrogen-bond acceptors (Lipinski definition) is 3. The summed E-state index contributed by atoms with van der Waals surface area (Å²) < 4.78 is 0. The Kier molecular flexibility index (Phi) is 6.09. The van der Waals surface area contributed by atoms with Crippen molar-refractivity contribution in [2.24, 2.45) is 0 Å². The first-order valence-corrected chi connectivity index (χ1v) is 6.93. The van der Waals surface area contributed by atoms with Crippen LogP contribution in [0, 0.1) is 11.3 Å². The molecule has 0 aliphatic carbocycles. The van der Waals surface area contributed by atoms with Crippen LogP contribution in [0.1, 0.15) is 38.2 Å². The molecule has 0 bridgehead atoms. The molecule has 0 aliphatic heterocycles. The lowest BCUT2D eigenvalue weighted by molar-refractivity contribution is -0.0490. The van der Waals surface area contributed by atoms with Gasteiger partial charge in [0.05, 0.1) is 21.5 Å². The number of aliphatic hydroxyl groups is 2. The lowest BCUT2D eigenvalue weighted by atomic mass is 9.74.